The van der Waals surface area contributed by atoms with E-state index < -0.39 is 0 Å². The molecule has 0 aliphatic carbocycles. The van der Waals surface area contributed by atoms with Gasteiger partial charge in [0.1, 0.15) is 0 Å². The first kappa shape index (κ1) is 13.9. The number of aromatic hydroxyl groups is 1. The van der Waals surface area contributed by atoms with Gasteiger partial charge in [0.05, 0.1) is 14.2 Å². The smallest absolute Gasteiger partial charge is 0.200 e. The van der Waals surface area contributed by atoms with Crippen LogP contribution in [0.15, 0.2) is 12.1 Å². The second-order valence-electron chi connectivity index (χ2n) is 3.92. The number of benzene rings is 1. The van der Waals surface area contributed by atoms with Gasteiger partial charge in [-0.05, 0) is 37.1 Å². The zero-order valence-electron chi connectivity index (χ0n) is 10.0. The van der Waals surface area contributed by atoms with E-state index in [1.807, 2.05) is 12.1 Å². The van der Waals surface area contributed by atoms with Gasteiger partial charge in [0.25, 0.3) is 0 Å². The summed E-state index contributed by atoms with van der Waals surface area (Å²) in [5.41, 5.74) is 1.10. The van der Waals surface area contributed by atoms with Gasteiger partial charge >= 0.3 is 0 Å². The molecule has 0 unspecified atom stereocenters. The summed E-state index contributed by atoms with van der Waals surface area (Å²) in [6, 6.07) is 4.06. The minimum atomic E-state index is 0. The third-order valence-corrected chi connectivity index (χ3v) is 2.96. The molecule has 1 fully saturated rings. The highest BCUT2D eigenvalue weighted by Gasteiger charge is 2.20. The Morgan fingerprint density at radius 2 is 1.82 bits per heavy atom. The standard InChI is InChI=1S/C12H17NO3.ClH/c1-15-10-6-8(9-4-3-5-13-9)7-11(16-2)12(10)14;/h6-7,9,13-14H,3-5H2,1-2H3;1H/t9-;/m1./s1. The van der Waals surface area contributed by atoms with Gasteiger partial charge in [0, 0.05) is 6.04 Å². The molecule has 17 heavy (non-hydrogen) atoms. The summed E-state index contributed by atoms with van der Waals surface area (Å²) in [7, 11) is 3.08. The Hall–Kier alpha value is -1.13. The normalized spacial score (nSPS) is 18.6. The van der Waals surface area contributed by atoms with Gasteiger partial charge in [-0.3, -0.25) is 0 Å². The minimum absolute atomic E-state index is 0. The van der Waals surface area contributed by atoms with E-state index in [1.54, 1.807) is 14.2 Å². The largest absolute Gasteiger partial charge is 0.502 e. The first-order valence-electron chi connectivity index (χ1n) is 5.44. The third kappa shape index (κ3) is 2.76. The zero-order chi connectivity index (χ0) is 11.5. The average molecular weight is 260 g/mol. The quantitative estimate of drug-likeness (QED) is 0.874. The Balaban J connectivity index is 0.00000144. The summed E-state index contributed by atoms with van der Waals surface area (Å²) >= 11 is 0. The molecule has 4 nitrogen and oxygen atoms in total. The van der Waals surface area contributed by atoms with Gasteiger partial charge < -0.3 is 19.9 Å². The van der Waals surface area contributed by atoms with Crippen molar-refractivity contribution in [1.29, 1.82) is 0 Å². The van der Waals surface area contributed by atoms with E-state index in [0.29, 0.717) is 17.5 Å². The molecule has 2 rings (SSSR count). The maximum absolute atomic E-state index is 9.79. The van der Waals surface area contributed by atoms with Crippen molar-refractivity contribution in [3.63, 3.8) is 0 Å². The second kappa shape index (κ2) is 5.98. The number of methoxy groups -OCH3 is 2. The topological polar surface area (TPSA) is 50.7 Å². The van der Waals surface area contributed by atoms with Crippen LogP contribution >= 0.6 is 12.4 Å². The Morgan fingerprint density at radius 3 is 2.24 bits per heavy atom. The molecule has 0 amide bonds. The van der Waals surface area contributed by atoms with Gasteiger partial charge in [-0.2, -0.15) is 0 Å². The van der Waals surface area contributed by atoms with Crippen LogP contribution < -0.4 is 14.8 Å². The molecule has 0 radical (unpaired) electrons. The van der Waals surface area contributed by atoms with Crippen LogP contribution in [-0.2, 0) is 0 Å². The minimum Gasteiger partial charge on any atom is -0.502 e. The molecule has 1 saturated heterocycles. The van der Waals surface area contributed by atoms with Crippen LogP contribution in [0.3, 0.4) is 0 Å². The predicted molar refractivity (Wildman–Crippen MR) is 68.4 cm³/mol. The maximum atomic E-state index is 9.79. The monoisotopic (exact) mass is 259 g/mol. The van der Waals surface area contributed by atoms with Gasteiger partial charge in [0.2, 0.25) is 5.75 Å². The van der Waals surface area contributed by atoms with Crippen LogP contribution in [0.25, 0.3) is 0 Å². The molecule has 1 aromatic carbocycles. The van der Waals surface area contributed by atoms with Crippen LogP contribution in [0.5, 0.6) is 17.2 Å². The highest BCUT2D eigenvalue weighted by molar-refractivity contribution is 5.85. The highest BCUT2D eigenvalue weighted by atomic mass is 35.5. The summed E-state index contributed by atoms with van der Waals surface area (Å²) in [6.45, 7) is 1.04. The van der Waals surface area contributed by atoms with E-state index >= 15 is 0 Å². The molecule has 2 N–H and O–H groups in total. The van der Waals surface area contributed by atoms with E-state index in [-0.39, 0.29) is 18.2 Å². The second-order valence-corrected chi connectivity index (χ2v) is 3.92. The lowest BCUT2D eigenvalue weighted by Crippen LogP contribution is -2.13. The van der Waals surface area contributed by atoms with Gasteiger partial charge in [-0.25, -0.2) is 0 Å². The average Bonchev–Trinajstić information content (AvgIpc) is 2.83. The summed E-state index contributed by atoms with van der Waals surface area (Å²) in [6.07, 6.45) is 2.28. The van der Waals surface area contributed by atoms with Crippen molar-refractivity contribution < 1.29 is 14.6 Å². The molecule has 0 bridgehead atoms. The van der Waals surface area contributed by atoms with Crippen LogP contribution in [0.4, 0.5) is 0 Å². The van der Waals surface area contributed by atoms with Crippen molar-refractivity contribution in [2.24, 2.45) is 0 Å². The molecular weight excluding hydrogens is 242 g/mol. The molecule has 0 saturated carbocycles. The summed E-state index contributed by atoms with van der Waals surface area (Å²) < 4.78 is 10.3. The van der Waals surface area contributed by atoms with E-state index in [0.717, 1.165) is 18.5 Å². The molecule has 5 heteroatoms. The van der Waals surface area contributed by atoms with Crippen LogP contribution in [-0.4, -0.2) is 25.9 Å². The summed E-state index contributed by atoms with van der Waals surface area (Å²) in [5, 5.41) is 13.2. The Labute approximate surface area is 107 Å². The van der Waals surface area contributed by atoms with E-state index in [2.05, 4.69) is 5.32 Å². The number of hydrogen-bond donors (Lipinski definition) is 2. The van der Waals surface area contributed by atoms with E-state index in [1.165, 1.54) is 6.42 Å². The van der Waals surface area contributed by atoms with Crippen LogP contribution in [0.1, 0.15) is 24.4 Å². The fourth-order valence-corrected chi connectivity index (χ4v) is 2.08. The molecule has 0 spiro atoms. The SMILES string of the molecule is COc1cc([C@H]2CCCN2)cc(OC)c1O.Cl. The highest BCUT2D eigenvalue weighted by Crippen LogP contribution is 2.39. The molecule has 1 aliphatic rings. The fraction of sp³-hybridized carbons (Fsp3) is 0.500. The number of rotatable bonds is 3. The van der Waals surface area contributed by atoms with Gasteiger partial charge in [-0.1, -0.05) is 0 Å². The number of halogens is 1. The molecule has 0 aromatic heterocycles. The van der Waals surface area contributed by atoms with Crippen LogP contribution in [0, 0.1) is 0 Å². The lowest BCUT2D eigenvalue weighted by Gasteiger charge is -2.15. The summed E-state index contributed by atoms with van der Waals surface area (Å²) in [5.74, 6) is 0.984. The number of nitrogens with one attached hydrogen (secondary N) is 1. The zero-order valence-corrected chi connectivity index (χ0v) is 10.8. The number of phenols is 1. The van der Waals surface area contributed by atoms with Crippen molar-refractivity contribution in [3.8, 4) is 17.2 Å². The molecule has 96 valence electrons. The van der Waals surface area contributed by atoms with Crippen molar-refractivity contribution in [2.75, 3.05) is 20.8 Å². The number of phenolic OH excluding ortho intramolecular Hbond substituents is 1. The fourth-order valence-electron chi connectivity index (χ4n) is 2.08. The number of ether oxygens (including phenoxy) is 2. The van der Waals surface area contributed by atoms with Crippen molar-refractivity contribution >= 4 is 12.4 Å². The van der Waals surface area contributed by atoms with Gasteiger partial charge in [0.15, 0.2) is 11.5 Å². The van der Waals surface area contributed by atoms with E-state index in [9.17, 15) is 5.11 Å². The Bertz CT molecular complexity index is 353. The lowest BCUT2D eigenvalue weighted by molar-refractivity contribution is 0.338. The van der Waals surface area contributed by atoms with Gasteiger partial charge in [-0.15, -0.1) is 12.4 Å². The van der Waals surface area contributed by atoms with Crippen molar-refractivity contribution in [3.05, 3.63) is 17.7 Å². The van der Waals surface area contributed by atoms with Crippen LogP contribution in [0.2, 0.25) is 0 Å². The molecule has 1 atom stereocenters. The van der Waals surface area contributed by atoms with Crippen molar-refractivity contribution in [2.45, 2.75) is 18.9 Å². The van der Waals surface area contributed by atoms with E-state index in [4.69, 9.17) is 9.47 Å². The molecule has 1 aliphatic heterocycles. The molecule has 1 heterocycles. The molecular formula is C12H18ClNO3. The predicted octanol–water partition coefficient (Wildman–Crippen LogP) is 2.26. The Kier molecular flexibility index (Phi) is 4.90. The first-order valence-corrected chi connectivity index (χ1v) is 5.44. The molecule has 1 aromatic rings. The first-order chi connectivity index (χ1) is 7.76. The third-order valence-electron chi connectivity index (χ3n) is 2.96. The summed E-state index contributed by atoms with van der Waals surface area (Å²) in [4.78, 5) is 0. The van der Waals surface area contributed by atoms with Crippen molar-refractivity contribution in [1.82, 2.24) is 5.32 Å². The number of hydrogen-bond acceptors (Lipinski definition) is 4. The Morgan fingerprint density at radius 1 is 1.24 bits per heavy atom. The maximum Gasteiger partial charge on any atom is 0.200 e. The lowest BCUT2D eigenvalue weighted by atomic mass is 10.0.